The Balaban J connectivity index is 1.75. The molecule has 4 nitrogen and oxygen atoms in total. The molecule has 5 heteroatoms. The zero-order valence-electron chi connectivity index (χ0n) is 14.6. The lowest BCUT2D eigenvalue weighted by Gasteiger charge is -2.17. The number of nitrogens with one attached hydrogen (secondary N) is 1. The Bertz CT molecular complexity index is 1040. The standard InChI is InChI=1S/C21H19FN4/c1-14-12-20(25-15(2)16-6-4-3-5-7-16)26-21(24-14)19(13-23-26)17-8-10-18(22)11-9-17/h3-13,15,25H,1-2H3/t15-/m1/s1. The fourth-order valence-corrected chi connectivity index (χ4v) is 3.07. The zero-order valence-corrected chi connectivity index (χ0v) is 14.6. The first-order valence-electron chi connectivity index (χ1n) is 8.54. The summed E-state index contributed by atoms with van der Waals surface area (Å²) in [5.41, 5.74) is 4.61. The van der Waals surface area contributed by atoms with Crippen molar-refractivity contribution in [1.82, 2.24) is 14.6 Å². The van der Waals surface area contributed by atoms with Crippen LogP contribution in [-0.2, 0) is 0 Å². The van der Waals surface area contributed by atoms with Crippen molar-refractivity contribution in [2.24, 2.45) is 0 Å². The maximum Gasteiger partial charge on any atom is 0.165 e. The molecule has 26 heavy (non-hydrogen) atoms. The summed E-state index contributed by atoms with van der Waals surface area (Å²) in [6, 6.07) is 18.7. The van der Waals surface area contributed by atoms with E-state index in [1.165, 1.54) is 17.7 Å². The summed E-state index contributed by atoms with van der Waals surface area (Å²) in [5, 5.41) is 8.02. The minimum Gasteiger partial charge on any atom is -0.363 e. The molecule has 0 spiro atoms. The third kappa shape index (κ3) is 3.04. The molecule has 0 bridgehead atoms. The summed E-state index contributed by atoms with van der Waals surface area (Å²) >= 11 is 0. The molecule has 0 unspecified atom stereocenters. The number of anilines is 1. The van der Waals surface area contributed by atoms with Crippen molar-refractivity contribution in [2.75, 3.05) is 5.32 Å². The van der Waals surface area contributed by atoms with Crippen LogP contribution in [0.3, 0.4) is 0 Å². The van der Waals surface area contributed by atoms with Gasteiger partial charge in [-0.2, -0.15) is 9.61 Å². The van der Waals surface area contributed by atoms with Crippen LogP contribution in [0.25, 0.3) is 16.8 Å². The number of aromatic nitrogens is 3. The van der Waals surface area contributed by atoms with Crippen molar-refractivity contribution in [1.29, 1.82) is 0 Å². The molecule has 0 saturated heterocycles. The van der Waals surface area contributed by atoms with Crippen LogP contribution < -0.4 is 5.32 Å². The van der Waals surface area contributed by atoms with E-state index >= 15 is 0 Å². The number of fused-ring (bicyclic) bond motifs is 1. The SMILES string of the molecule is Cc1cc(N[C@H](C)c2ccccc2)n2ncc(-c3ccc(F)cc3)c2n1. The smallest absolute Gasteiger partial charge is 0.165 e. The van der Waals surface area contributed by atoms with Gasteiger partial charge in [-0.15, -0.1) is 0 Å². The van der Waals surface area contributed by atoms with Crippen LogP contribution in [0.5, 0.6) is 0 Å². The predicted octanol–water partition coefficient (Wildman–Crippen LogP) is 5.02. The Labute approximate surface area is 151 Å². The minimum absolute atomic E-state index is 0.125. The molecule has 4 aromatic rings. The molecular formula is C21H19FN4. The van der Waals surface area contributed by atoms with E-state index in [1.54, 1.807) is 22.8 Å². The van der Waals surface area contributed by atoms with Gasteiger partial charge < -0.3 is 5.32 Å². The molecule has 0 radical (unpaired) electrons. The van der Waals surface area contributed by atoms with E-state index in [1.807, 2.05) is 31.2 Å². The van der Waals surface area contributed by atoms with Crippen molar-refractivity contribution in [2.45, 2.75) is 19.9 Å². The molecule has 0 aliphatic heterocycles. The first-order chi connectivity index (χ1) is 12.6. The average molecular weight is 346 g/mol. The van der Waals surface area contributed by atoms with Crippen LogP contribution in [0, 0.1) is 12.7 Å². The maximum absolute atomic E-state index is 13.2. The topological polar surface area (TPSA) is 42.2 Å². The van der Waals surface area contributed by atoms with E-state index in [0.717, 1.165) is 28.3 Å². The first kappa shape index (κ1) is 16.3. The highest BCUT2D eigenvalue weighted by Crippen LogP contribution is 2.27. The molecule has 4 rings (SSSR count). The van der Waals surface area contributed by atoms with Gasteiger partial charge in [-0.3, -0.25) is 0 Å². The van der Waals surface area contributed by atoms with Crippen molar-refractivity contribution in [3.8, 4) is 11.1 Å². The van der Waals surface area contributed by atoms with Crippen LogP contribution in [0.4, 0.5) is 10.2 Å². The Morgan fingerprint density at radius 2 is 1.77 bits per heavy atom. The third-order valence-corrected chi connectivity index (χ3v) is 4.42. The quantitative estimate of drug-likeness (QED) is 0.564. The number of nitrogens with zero attached hydrogens (tertiary/aromatic N) is 3. The van der Waals surface area contributed by atoms with E-state index in [2.05, 4.69) is 34.5 Å². The van der Waals surface area contributed by atoms with Crippen LogP contribution in [0.15, 0.2) is 66.9 Å². The lowest BCUT2D eigenvalue weighted by atomic mass is 10.1. The summed E-state index contributed by atoms with van der Waals surface area (Å²) in [4.78, 5) is 4.64. The fraction of sp³-hybridized carbons (Fsp3) is 0.143. The van der Waals surface area contributed by atoms with Crippen LogP contribution in [0.1, 0.15) is 24.2 Å². The average Bonchev–Trinajstić information content (AvgIpc) is 3.07. The largest absolute Gasteiger partial charge is 0.363 e. The number of hydrogen-bond acceptors (Lipinski definition) is 3. The summed E-state index contributed by atoms with van der Waals surface area (Å²) < 4.78 is 15.0. The number of halogens is 1. The number of benzene rings is 2. The highest BCUT2D eigenvalue weighted by atomic mass is 19.1. The van der Waals surface area contributed by atoms with E-state index in [4.69, 9.17) is 0 Å². The van der Waals surface area contributed by atoms with Gasteiger partial charge in [-0.25, -0.2) is 9.37 Å². The van der Waals surface area contributed by atoms with Crippen molar-refractivity contribution < 1.29 is 4.39 Å². The normalized spacial score (nSPS) is 12.3. The Morgan fingerprint density at radius 3 is 2.50 bits per heavy atom. The second-order valence-corrected chi connectivity index (χ2v) is 6.36. The molecule has 130 valence electrons. The fourth-order valence-electron chi connectivity index (χ4n) is 3.07. The number of rotatable bonds is 4. The molecule has 0 saturated carbocycles. The molecule has 2 aromatic heterocycles. The van der Waals surface area contributed by atoms with Crippen LogP contribution in [0.2, 0.25) is 0 Å². The van der Waals surface area contributed by atoms with Crippen LogP contribution in [-0.4, -0.2) is 14.6 Å². The van der Waals surface area contributed by atoms with Crippen LogP contribution >= 0.6 is 0 Å². The Morgan fingerprint density at radius 1 is 1.04 bits per heavy atom. The molecule has 0 aliphatic carbocycles. The second kappa shape index (κ2) is 6.59. The first-order valence-corrected chi connectivity index (χ1v) is 8.54. The number of aryl methyl sites for hydroxylation is 1. The van der Waals surface area contributed by atoms with Gasteiger partial charge in [0.05, 0.1) is 6.20 Å². The summed E-state index contributed by atoms with van der Waals surface area (Å²) in [7, 11) is 0. The number of hydrogen-bond donors (Lipinski definition) is 1. The second-order valence-electron chi connectivity index (χ2n) is 6.36. The predicted molar refractivity (Wildman–Crippen MR) is 102 cm³/mol. The van der Waals surface area contributed by atoms with Crippen molar-refractivity contribution in [3.63, 3.8) is 0 Å². The summed E-state index contributed by atoms with van der Waals surface area (Å²) in [6.07, 6.45) is 1.77. The van der Waals surface area contributed by atoms with E-state index in [9.17, 15) is 4.39 Å². The summed E-state index contributed by atoms with van der Waals surface area (Å²) in [5.74, 6) is 0.616. The van der Waals surface area contributed by atoms with Gasteiger partial charge in [0.25, 0.3) is 0 Å². The molecule has 2 aromatic carbocycles. The van der Waals surface area contributed by atoms with E-state index in [0.29, 0.717) is 0 Å². The third-order valence-electron chi connectivity index (χ3n) is 4.42. The van der Waals surface area contributed by atoms with Gasteiger partial charge in [0.15, 0.2) is 5.65 Å². The lowest BCUT2D eigenvalue weighted by Crippen LogP contribution is -2.11. The molecule has 1 N–H and O–H groups in total. The van der Waals surface area contributed by atoms with Gasteiger partial charge in [0, 0.05) is 23.4 Å². The Hall–Kier alpha value is -3.21. The highest BCUT2D eigenvalue weighted by Gasteiger charge is 2.14. The molecule has 0 aliphatic rings. The van der Waals surface area contributed by atoms with E-state index < -0.39 is 0 Å². The molecular weight excluding hydrogens is 327 g/mol. The van der Waals surface area contributed by atoms with Gasteiger partial charge in [0.2, 0.25) is 0 Å². The summed E-state index contributed by atoms with van der Waals surface area (Å²) in [6.45, 7) is 4.07. The monoisotopic (exact) mass is 346 g/mol. The molecule has 1 atom stereocenters. The molecule has 0 amide bonds. The van der Waals surface area contributed by atoms with Gasteiger partial charge in [0.1, 0.15) is 11.6 Å². The van der Waals surface area contributed by atoms with Gasteiger partial charge >= 0.3 is 0 Å². The van der Waals surface area contributed by atoms with E-state index in [-0.39, 0.29) is 11.9 Å². The lowest BCUT2D eigenvalue weighted by molar-refractivity contribution is 0.628. The van der Waals surface area contributed by atoms with Crippen molar-refractivity contribution >= 4 is 11.5 Å². The minimum atomic E-state index is -0.256. The maximum atomic E-state index is 13.2. The molecule has 0 fully saturated rings. The molecule has 2 heterocycles. The van der Waals surface area contributed by atoms with Crippen molar-refractivity contribution in [3.05, 3.63) is 83.9 Å². The highest BCUT2D eigenvalue weighted by molar-refractivity contribution is 5.78. The van der Waals surface area contributed by atoms with Gasteiger partial charge in [-0.05, 0) is 37.1 Å². The zero-order chi connectivity index (χ0) is 18.1. The van der Waals surface area contributed by atoms with Gasteiger partial charge in [-0.1, -0.05) is 42.5 Å². The Kier molecular flexibility index (Phi) is 4.13.